The summed E-state index contributed by atoms with van der Waals surface area (Å²) in [6.07, 6.45) is 2.29. The van der Waals surface area contributed by atoms with Gasteiger partial charge in [-0.05, 0) is 35.7 Å². The van der Waals surface area contributed by atoms with Gasteiger partial charge >= 0.3 is 5.97 Å². The lowest BCUT2D eigenvalue weighted by Gasteiger charge is -2.09. The number of aromatic nitrogens is 1. The number of nitrogens with one attached hydrogen (secondary N) is 1. The van der Waals surface area contributed by atoms with Crippen LogP contribution in [0.25, 0.3) is 0 Å². The Morgan fingerprint density at radius 2 is 1.62 bits per heavy atom. The average Bonchev–Trinajstić information content (AvgIpc) is 3.15. The normalized spacial score (nSPS) is 10.3. The topological polar surface area (TPSA) is 59.2 Å². The summed E-state index contributed by atoms with van der Waals surface area (Å²) >= 11 is 0. The van der Waals surface area contributed by atoms with E-state index in [4.69, 9.17) is 4.74 Å². The average molecular weight is 319 g/mol. The van der Waals surface area contributed by atoms with Crippen molar-refractivity contribution >= 4 is 11.8 Å². The number of ether oxygens (including phenoxy) is 1. The number of H-pyrrole nitrogens is 1. The Morgan fingerprint density at radius 1 is 0.875 bits per heavy atom. The van der Waals surface area contributed by atoms with E-state index in [2.05, 4.69) is 4.98 Å². The lowest BCUT2D eigenvalue weighted by molar-refractivity contribution is 0.0472. The molecule has 1 heterocycles. The van der Waals surface area contributed by atoms with Crippen molar-refractivity contribution < 1.29 is 14.3 Å². The number of Topliss-reactive ketones (excluding diaryl/α,β-unsaturated/α-hetero) is 1. The van der Waals surface area contributed by atoms with Crippen LogP contribution in [0.2, 0.25) is 0 Å². The summed E-state index contributed by atoms with van der Waals surface area (Å²) in [7, 11) is 0. The van der Waals surface area contributed by atoms with Crippen molar-refractivity contribution in [3.05, 3.63) is 95.3 Å². The SMILES string of the molecule is O=C(COC(=O)c1ccccc1Cc1ccccc1)c1ccc[nH]1. The van der Waals surface area contributed by atoms with Crippen LogP contribution < -0.4 is 0 Å². The highest BCUT2D eigenvalue weighted by molar-refractivity contribution is 5.98. The quantitative estimate of drug-likeness (QED) is 0.557. The third-order valence-corrected chi connectivity index (χ3v) is 3.71. The molecular formula is C20H17NO3. The Hall–Kier alpha value is -3.14. The molecule has 120 valence electrons. The molecule has 0 amide bonds. The number of carbonyl (C=O) groups excluding carboxylic acids is 2. The standard InChI is InChI=1S/C20H17NO3/c22-19(18-11-6-12-21-18)14-24-20(23)17-10-5-4-9-16(17)13-15-7-2-1-3-8-15/h1-12,21H,13-14H2. The van der Waals surface area contributed by atoms with Gasteiger partial charge in [0.1, 0.15) is 0 Å². The van der Waals surface area contributed by atoms with Gasteiger partial charge in [0.05, 0.1) is 11.3 Å². The molecular weight excluding hydrogens is 302 g/mol. The molecule has 3 aromatic rings. The van der Waals surface area contributed by atoms with Crippen LogP contribution >= 0.6 is 0 Å². The highest BCUT2D eigenvalue weighted by Crippen LogP contribution is 2.15. The lowest BCUT2D eigenvalue weighted by atomic mass is 10.00. The Morgan fingerprint density at radius 3 is 2.38 bits per heavy atom. The molecule has 3 rings (SSSR count). The summed E-state index contributed by atoms with van der Waals surface area (Å²) in [6.45, 7) is -0.279. The first-order valence-corrected chi connectivity index (χ1v) is 7.69. The van der Waals surface area contributed by atoms with Gasteiger partial charge < -0.3 is 9.72 Å². The molecule has 0 unspecified atom stereocenters. The lowest BCUT2D eigenvalue weighted by Crippen LogP contribution is -2.15. The molecule has 0 aliphatic heterocycles. The molecule has 0 saturated heterocycles. The minimum atomic E-state index is -0.485. The van der Waals surface area contributed by atoms with E-state index in [1.165, 1.54) is 0 Å². The molecule has 0 saturated carbocycles. The fourth-order valence-corrected chi connectivity index (χ4v) is 2.48. The Labute approximate surface area is 140 Å². The molecule has 0 bridgehead atoms. The minimum absolute atomic E-state index is 0.256. The van der Waals surface area contributed by atoms with E-state index in [0.717, 1.165) is 11.1 Å². The van der Waals surface area contributed by atoms with Crippen molar-refractivity contribution in [3.63, 3.8) is 0 Å². The smallest absolute Gasteiger partial charge is 0.338 e. The number of aromatic amines is 1. The Kier molecular flexibility index (Phi) is 4.87. The molecule has 4 heteroatoms. The molecule has 0 aliphatic rings. The molecule has 0 aliphatic carbocycles. The molecule has 1 aromatic heterocycles. The largest absolute Gasteiger partial charge is 0.454 e. The zero-order valence-corrected chi connectivity index (χ0v) is 13.1. The van der Waals surface area contributed by atoms with Crippen molar-refractivity contribution in [2.24, 2.45) is 0 Å². The van der Waals surface area contributed by atoms with E-state index in [1.54, 1.807) is 30.5 Å². The maximum atomic E-state index is 12.3. The zero-order valence-electron chi connectivity index (χ0n) is 13.1. The molecule has 2 aromatic carbocycles. The second kappa shape index (κ2) is 7.42. The van der Waals surface area contributed by atoms with Crippen LogP contribution in [0.5, 0.6) is 0 Å². The number of carbonyl (C=O) groups is 2. The maximum Gasteiger partial charge on any atom is 0.338 e. The summed E-state index contributed by atoms with van der Waals surface area (Å²) in [5.74, 6) is -0.740. The second-order valence-corrected chi connectivity index (χ2v) is 5.40. The molecule has 0 spiro atoms. The van der Waals surface area contributed by atoms with Gasteiger partial charge in [-0.1, -0.05) is 48.5 Å². The monoisotopic (exact) mass is 319 g/mol. The van der Waals surface area contributed by atoms with Gasteiger partial charge in [-0.3, -0.25) is 4.79 Å². The van der Waals surface area contributed by atoms with Gasteiger partial charge in [0.15, 0.2) is 6.61 Å². The summed E-state index contributed by atoms with van der Waals surface area (Å²) < 4.78 is 5.18. The Bertz CT molecular complexity index is 823. The van der Waals surface area contributed by atoms with Gasteiger partial charge in [0, 0.05) is 6.20 Å². The van der Waals surface area contributed by atoms with Crippen molar-refractivity contribution in [2.45, 2.75) is 6.42 Å². The molecule has 0 fully saturated rings. The number of esters is 1. The summed E-state index contributed by atoms with van der Waals surface area (Å²) in [5, 5.41) is 0. The van der Waals surface area contributed by atoms with E-state index in [0.29, 0.717) is 17.7 Å². The first-order valence-electron chi connectivity index (χ1n) is 7.69. The molecule has 4 nitrogen and oxygen atoms in total. The highest BCUT2D eigenvalue weighted by Gasteiger charge is 2.15. The van der Waals surface area contributed by atoms with Gasteiger partial charge in [-0.2, -0.15) is 0 Å². The van der Waals surface area contributed by atoms with E-state index in [9.17, 15) is 9.59 Å². The Balaban J connectivity index is 1.70. The molecule has 0 atom stereocenters. The minimum Gasteiger partial charge on any atom is -0.454 e. The van der Waals surface area contributed by atoms with Crippen molar-refractivity contribution in [1.82, 2.24) is 4.98 Å². The van der Waals surface area contributed by atoms with Crippen molar-refractivity contribution in [1.29, 1.82) is 0 Å². The maximum absolute atomic E-state index is 12.3. The third kappa shape index (κ3) is 3.79. The molecule has 24 heavy (non-hydrogen) atoms. The third-order valence-electron chi connectivity index (χ3n) is 3.71. The fraction of sp³-hybridized carbons (Fsp3) is 0.100. The predicted molar refractivity (Wildman–Crippen MR) is 91.1 cm³/mol. The van der Waals surface area contributed by atoms with Crippen LogP contribution in [-0.4, -0.2) is 23.3 Å². The van der Waals surface area contributed by atoms with Crippen LogP contribution in [0, 0.1) is 0 Å². The van der Waals surface area contributed by atoms with Crippen LogP contribution in [-0.2, 0) is 11.2 Å². The highest BCUT2D eigenvalue weighted by atomic mass is 16.5. The van der Waals surface area contributed by atoms with E-state index < -0.39 is 5.97 Å². The first kappa shape index (κ1) is 15.7. The van der Waals surface area contributed by atoms with E-state index in [1.807, 2.05) is 42.5 Å². The van der Waals surface area contributed by atoms with Gasteiger partial charge in [-0.15, -0.1) is 0 Å². The fourth-order valence-electron chi connectivity index (χ4n) is 2.48. The van der Waals surface area contributed by atoms with Crippen LogP contribution in [0.1, 0.15) is 32.0 Å². The zero-order chi connectivity index (χ0) is 16.8. The van der Waals surface area contributed by atoms with Gasteiger partial charge in [0.2, 0.25) is 5.78 Å². The van der Waals surface area contributed by atoms with Crippen molar-refractivity contribution in [2.75, 3.05) is 6.61 Å². The van der Waals surface area contributed by atoms with Gasteiger partial charge in [-0.25, -0.2) is 4.79 Å². The number of hydrogen-bond acceptors (Lipinski definition) is 3. The number of rotatable bonds is 6. The van der Waals surface area contributed by atoms with Crippen molar-refractivity contribution in [3.8, 4) is 0 Å². The van der Waals surface area contributed by atoms with Crippen LogP contribution in [0.15, 0.2) is 72.9 Å². The number of hydrogen-bond donors (Lipinski definition) is 1. The van der Waals surface area contributed by atoms with Gasteiger partial charge in [0.25, 0.3) is 0 Å². The second-order valence-electron chi connectivity index (χ2n) is 5.40. The number of benzene rings is 2. The first-order chi connectivity index (χ1) is 11.7. The molecule has 0 radical (unpaired) electrons. The van der Waals surface area contributed by atoms with Crippen LogP contribution in [0.4, 0.5) is 0 Å². The van der Waals surface area contributed by atoms with E-state index >= 15 is 0 Å². The summed E-state index contributed by atoms with van der Waals surface area (Å²) in [5.41, 5.74) is 2.90. The summed E-state index contributed by atoms with van der Waals surface area (Å²) in [4.78, 5) is 27.1. The summed E-state index contributed by atoms with van der Waals surface area (Å²) in [6, 6.07) is 20.6. The number of ketones is 1. The van der Waals surface area contributed by atoms with E-state index in [-0.39, 0.29) is 12.4 Å². The van der Waals surface area contributed by atoms with Crippen LogP contribution in [0.3, 0.4) is 0 Å². The molecule has 1 N–H and O–H groups in total. The predicted octanol–water partition coefficient (Wildman–Crippen LogP) is 3.65.